The fourth-order valence-corrected chi connectivity index (χ4v) is 9.58. The third kappa shape index (κ3) is 27.2. The van der Waals surface area contributed by atoms with Crippen LogP contribution in [0.3, 0.4) is 0 Å². The minimum Gasteiger partial charge on any atom is -0.481 e. The highest BCUT2D eigenvalue weighted by molar-refractivity contribution is 5.98. The molecule has 1 fully saturated rings. The Morgan fingerprint density at radius 3 is 1.24 bits per heavy atom. The SMILES string of the molecule is CC(C)NCCC(=O)N(C)CC(=O)N(C)CC(=O)N(C)CC(=O)N(C)CC(=O)N(C)CC(=O)N(C)CC(=O)N(C)CC(=O)N(C)CC(=O)N(C)CC(=O)N(C)CC(=O)N[C@H](Cc1cnc[nH]1)C(=O)C[C@@H](CC(=O)O)C(=O)C[C@@H](C(=O)N1CCC[C@@H]1C(=O)C(C)C)C(C)C. The number of Topliss-reactive ketones (excluding diaryl/α,β-unsaturated/α-hetero) is 3. The number of likely N-dealkylation sites (tertiary alicyclic amines) is 1. The molecule has 4 atom stereocenters. The second-order valence-electron chi connectivity index (χ2n) is 25.0. The first-order valence-electron chi connectivity index (χ1n) is 30.8. The molecule has 0 unspecified atom stereocenters. The molecule has 2 heterocycles. The van der Waals surface area contributed by atoms with Crippen molar-refractivity contribution in [1.29, 1.82) is 0 Å². The van der Waals surface area contributed by atoms with E-state index >= 15 is 0 Å². The number of hydrogen-bond acceptors (Lipinski definition) is 18. The van der Waals surface area contributed by atoms with Crippen LogP contribution in [0, 0.1) is 23.7 Å². The van der Waals surface area contributed by atoms with Crippen molar-refractivity contribution in [2.75, 3.05) is 149 Å². The number of aromatic amines is 1. The summed E-state index contributed by atoms with van der Waals surface area (Å²) in [6.45, 7) is 6.79. The van der Waals surface area contributed by atoms with Crippen LogP contribution >= 0.6 is 0 Å². The largest absolute Gasteiger partial charge is 0.481 e. The van der Waals surface area contributed by atoms with E-state index in [2.05, 4.69) is 20.6 Å². The zero-order valence-corrected chi connectivity index (χ0v) is 57.0. The van der Waals surface area contributed by atoms with Crippen LogP contribution in [0.15, 0.2) is 12.5 Å². The highest BCUT2D eigenvalue weighted by Gasteiger charge is 2.41. The van der Waals surface area contributed by atoms with Crippen molar-refractivity contribution in [2.45, 2.75) is 105 Å². The van der Waals surface area contributed by atoms with Crippen molar-refractivity contribution in [3.63, 3.8) is 0 Å². The first-order chi connectivity index (χ1) is 43.2. The quantitative estimate of drug-likeness (QED) is 0.0507. The molecule has 1 aromatic heterocycles. The lowest BCUT2D eigenvalue weighted by Crippen LogP contribution is -2.50. The molecule has 0 bridgehead atoms. The molecule has 0 aliphatic carbocycles. The predicted molar refractivity (Wildman–Crippen MR) is 336 cm³/mol. The molecule has 12 amide bonds. The Labute approximate surface area is 544 Å². The van der Waals surface area contributed by atoms with Gasteiger partial charge in [0.2, 0.25) is 70.9 Å². The lowest BCUT2D eigenvalue weighted by Gasteiger charge is -2.31. The Balaban J connectivity index is 1.92. The summed E-state index contributed by atoms with van der Waals surface area (Å²) < 4.78 is 0. The lowest BCUT2D eigenvalue weighted by molar-refractivity contribution is -0.146. The Morgan fingerprint density at radius 1 is 0.527 bits per heavy atom. The molecule has 32 heteroatoms. The van der Waals surface area contributed by atoms with Gasteiger partial charge in [-0.05, 0) is 18.8 Å². The number of carbonyl (C=O) groups is 16. The number of ketones is 3. The molecule has 4 N–H and O–H groups in total. The third-order valence-corrected chi connectivity index (χ3v) is 15.9. The van der Waals surface area contributed by atoms with E-state index in [1.54, 1.807) is 27.7 Å². The van der Waals surface area contributed by atoms with E-state index in [0.717, 1.165) is 44.1 Å². The van der Waals surface area contributed by atoms with E-state index in [-0.39, 0.29) is 61.9 Å². The number of carboxylic acid groups (broad SMARTS) is 1. The number of carboxylic acids is 1. The van der Waals surface area contributed by atoms with E-state index in [9.17, 15) is 81.8 Å². The molecule has 1 aromatic rings. The smallest absolute Gasteiger partial charge is 0.304 e. The molecule has 0 saturated carbocycles. The topological polar surface area (TPSA) is 382 Å². The number of carbonyl (C=O) groups excluding carboxylic acids is 15. The molecule has 0 radical (unpaired) electrons. The highest BCUT2D eigenvalue weighted by atomic mass is 16.4. The number of aliphatic carboxylic acids is 1. The Kier molecular flexibility index (Phi) is 33.1. The van der Waals surface area contributed by atoms with E-state index in [1.807, 2.05) is 13.8 Å². The van der Waals surface area contributed by atoms with Crippen molar-refractivity contribution in [3.8, 4) is 0 Å². The van der Waals surface area contributed by atoms with Gasteiger partial charge in [0.1, 0.15) is 5.78 Å². The molecule has 0 aromatic carbocycles. The summed E-state index contributed by atoms with van der Waals surface area (Å²) in [5.41, 5.74) is 0.399. The van der Waals surface area contributed by atoms with Crippen molar-refractivity contribution >= 4 is 94.2 Å². The van der Waals surface area contributed by atoms with Crippen LogP contribution in [0.2, 0.25) is 0 Å². The maximum absolute atomic E-state index is 14.0. The van der Waals surface area contributed by atoms with Gasteiger partial charge in [-0.25, -0.2) is 4.98 Å². The Morgan fingerprint density at radius 2 is 0.903 bits per heavy atom. The van der Waals surface area contributed by atoms with E-state index in [4.69, 9.17) is 0 Å². The molecule has 1 aliphatic rings. The third-order valence-electron chi connectivity index (χ3n) is 15.9. The van der Waals surface area contributed by atoms with E-state index < -0.39 is 172 Å². The minimum atomic E-state index is -1.38. The summed E-state index contributed by atoms with van der Waals surface area (Å²) in [4.78, 5) is 230. The molecule has 1 aliphatic heterocycles. The van der Waals surface area contributed by atoms with Crippen LogP contribution in [-0.4, -0.2) is 330 Å². The van der Waals surface area contributed by atoms with Gasteiger partial charge in [0.15, 0.2) is 11.6 Å². The van der Waals surface area contributed by atoms with Gasteiger partial charge in [0, 0.05) is 145 Å². The minimum absolute atomic E-state index is 0.0952. The predicted octanol–water partition coefficient (Wildman–Crippen LogP) is -3.09. The average molecular weight is 1310 g/mol. The Hall–Kier alpha value is -8.71. The molecular weight excluding hydrogens is 1210 g/mol. The Bertz CT molecular complexity index is 2850. The van der Waals surface area contributed by atoms with Gasteiger partial charge in [-0.15, -0.1) is 0 Å². The molecule has 520 valence electrons. The summed E-state index contributed by atoms with van der Waals surface area (Å²) in [6.07, 6.45) is 2.09. The number of amides is 12. The van der Waals surface area contributed by atoms with Gasteiger partial charge in [0.05, 0.1) is 90.3 Å². The summed E-state index contributed by atoms with van der Waals surface area (Å²) >= 11 is 0. The molecule has 32 nitrogen and oxygen atoms in total. The van der Waals surface area contributed by atoms with Crippen LogP contribution in [0.25, 0.3) is 0 Å². The summed E-state index contributed by atoms with van der Waals surface area (Å²) in [7, 11) is 13.3. The van der Waals surface area contributed by atoms with Crippen LogP contribution in [0.1, 0.15) is 85.8 Å². The first kappa shape index (κ1) is 80.4. The maximum Gasteiger partial charge on any atom is 0.304 e. The normalized spacial score (nSPS) is 13.7. The number of likely N-dealkylation sites (N-methyl/N-ethyl adjacent to an activating group) is 10. The average Bonchev–Trinajstić information content (AvgIpc) is 1.79. The number of nitrogens with zero attached hydrogens (tertiary/aromatic N) is 12. The summed E-state index contributed by atoms with van der Waals surface area (Å²) in [6, 6.07) is -1.79. The van der Waals surface area contributed by atoms with Crippen molar-refractivity contribution in [3.05, 3.63) is 18.2 Å². The van der Waals surface area contributed by atoms with Gasteiger partial charge in [-0.2, -0.15) is 0 Å². The number of H-pyrrole nitrogens is 1. The molecule has 2 rings (SSSR count). The molecule has 1 saturated heterocycles. The van der Waals surface area contributed by atoms with Crippen molar-refractivity contribution in [2.24, 2.45) is 23.7 Å². The second-order valence-corrected chi connectivity index (χ2v) is 25.0. The van der Waals surface area contributed by atoms with Gasteiger partial charge in [0.25, 0.3) is 0 Å². The maximum atomic E-state index is 14.0. The second kappa shape index (κ2) is 38.3. The highest BCUT2D eigenvalue weighted by Crippen LogP contribution is 2.29. The van der Waals surface area contributed by atoms with Crippen LogP contribution < -0.4 is 10.6 Å². The number of rotatable bonds is 39. The fraction of sp³-hybridized carbons (Fsp3) is 0.689. The monoisotopic (exact) mass is 1310 g/mol. The van der Waals surface area contributed by atoms with Crippen molar-refractivity contribution in [1.82, 2.24) is 74.5 Å². The zero-order chi connectivity index (χ0) is 70.9. The van der Waals surface area contributed by atoms with Gasteiger partial charge >= 0.3 is 5.97 Å². The van der Waals surface area contributed by atoms with Gasteiger partial charge in [-0.1, -0.05) is 41.5 Å². The van der Waals surface area contributed by atoms with E-state index in [1.165, 1.54) is 92.8 Å². The van der Waals surface area contributed by atoms with Crippen LogP contribution in [0.4, 0.5) is 0 Å². The first-order valence-corrected chi connectivity index (χ1v) is 30.8. The molecule has 0 spiro atoms. The summed E-state index contributed by atoms with van der Waals surface area (Å²) in [5.74, 6) is -13.1. The van der Waals surface area contributed by atoms with E-state index in [0.29, 0.717) is 31.6 Å². The number of imidazole rings is 1. The van der Waals surface area contributed by atoms with Gasteiger partial charge < -0.3 is 74.6 Å². The zero-order valence-electron chi connectivity index (χ0n) is 57.0. The van der Waals surface area contributed by atoms with Crippen molar-refractivity contribution < 1.29 is 81.8 Å². The number of hydrogen-bond donors (Lipinski definition) is 4. The van der Waals surface area contributed by atoms with Crippen LogP contribution in [-0.2, 0) is 83.1 Å². The number of nitrogens with one attached hydrogen (secondary N) is 3. The molecule has 93 heavy (non-hydrogen) atoms. The van der Waals surface area contributed by atoms with Crippen LogP contribution in [0.5, 0.6) is 0 Å². The molecular formula is C61H99N15O17. The number of aromatic nitrogens is 2. The summed E-state index contributed by atoms with van der Waals surface area (Å²) in [5, 5.41) is 15.5. The standard InChI is InChI=1S/C61H99N15O17/c1-38(2)43(61(93)76-21-17-18-45(76)60(92)39(3)4)25-46(77)41(23-59(90)91)22-47(78)44(24-42-26-62-37-64-42)65-48(79)27-66(7)50(81)29-68(9)52(83)31-70(11)54(85)33-72(13)56(87)35-74(15)58(89)36-75(16)57(88)34-73(14)55(86)32-71(12)53(84)30-69(10)51(82)28-67(8)49(80)19-20-63-40(5)6/h26,37-41,43-45,63H,17-25,27-36H2,1-16H3,(H,62,64)(H,65,79)(H,90,91)/t41-,43+,44+,45+/m0/s1. The lowest BCUT2D eigenvalue weighted by atomic mass is 9.82. The van der Waals surface area contributed by atoms with Gasteiger partial charge in [-0.3, -0.25) is 76.7 Å². The fourth-order valence-electron chi connectivity index (χ4n) is 9.58.